The molecule has 0 bridgehead atoms. The van der Waals surface area contributed by atoms with Gasteiger partial charge in [0.15, 0.2) is 5.82 Å². The number of rotatable bonds is 2. The van der Waals surface area contributed by atoms with Crippen LogP contribution in [0.5, 0.6) is 5.75 Å². The van der Waals surface area contributed by atoms with Crippen LogP contribution >= 0.6 is 0 Å². The third-order valence-corrected chi connectivity index (χ3v) is 6.04. The van der Waals surface area contributed by atoms with Crippen molar-refractivity contribution in [2.45, 2.75) is 12.3 Å². The van der Waals surface area contributed by atoms with Crippen molar-refractivity contribution in [3.63, 3.8) is 0 Å². The highest BCUT2D eigenvalue weighted by molar-refractivity contribution is 7.92. The largest absolute Gasteiger partial charge is 0.506 e. The third-order valence-electron chi connectivity index (χ3n) is 4.66. The van der Waals surface area contributed by atoms with Gasteiger partial charge in [0.2, 0.25) is 0 Å². The highest BCUT2D eigenvalue weighted by Gasteiger charge is 2.37. The molecule has 2 heterocycles. The highest BCUT2D eigenvalue weighted by atomic mass is 32.2. The van der Waals surface area contributed by atoms with E-state index in [4.69, 9.17) is 0 Å². The van der Waals surface area contributed by atoms with Crippen molar-refractivity contribution in [1.82, 2.24) is 10.0 Å². The van der Waals surface area contributed by atoms with Gasteiger partial charge in [-0.3, -0.25) is 4.79 Å². The van der Waals surface area contributed by atoms with Crippen molar-refractivity contribution in [3.8, 4) is 5.75 Å². The highest BCUT2D eigenvalue weighted by Crippen LogP contribution is 2.39. The van der Waals surface area contributed by atoms with Crippen molar-refractivity contribution < 1.29 is 22.7 Å². The average molecular weight is 365 g/mol. The lowest BCUT2D eigenvalue weighted by atomic mass is 9.95. The minimum Gasteiger partial charge on any atom is -0.506 e. The van der Waals surface area contributed by atoms with Crippen LogP contribution in [0, 0.1) is 5.82 Å². The molecule has 25 heavy (non-hydrogen) atoms. The second-order valence-corrected chi connectivity index (χ2v) is 7.86. The van der Waals surface area contributed by atoms with Crippen LogP contribution in [0.4, 0.5) is 10.1 Å². The molecule has 2 aliphatic rings. The summed E-state index contributed by atoms with van der Waals surface area (Å²) in [7, 11) is -4.20. The monoisotopic (exact) mass is 365 g/mol. The predicted molar refractivity (Wildman–Crippen MR) is 90.2 cm³/mol. The van der Waals surface area contributed by atoms with Crippen LogP contribution in [-0.2, 0) is 15.0 Å². The summed E-state index contributed by atoms with van der Waals surface area (Å²) in [6.07, 6.45) is 0.941. The van der Waals surface area contributed by atoms with E-state index in [-0.39, 0.29) is 11.3 Å². The number of hydrogen-bond donors (Lipinski definition) is 3. The lowest BCUT2D eigenvalue weighted by Crippen LogP contribution is -2.30. The predicted octanol–water partition coefficient (Wildman–Crippen LogP) is 0.942. The number of carbonyl (C=O) groups is 1. The summed E-state index contributed by atoms with van der Waals surface area (Å²) in [5.41, 5.74) is 0.444. The molecule has 2 fully saturated rings. The van der Waals surface area contributed by atoms with Crippen molar-refractivity contribution in [2.75, 3.05) is 23.9 Å². The molecule has 1 amide bonds. The molecule has 2 saturated heterocycles. The molecule has 3 N–H and O–H groups in total. The summed E-state index contributed by atoms with van der Waals surface area (Å²) >= 11 is 0. The van der Waals surface area contributed by atoms with Crippen LogP contribution in [0.15, 0.2) is 24.3 Å². The van der Waals surface area contributed by atoms with Gasteiger partial charge in [-0.25, -0.2) is 13.4 Å². The fourth-order valence-corrected chi connectivity index (χ4v) is 4.59. The molecule has 9 heteroatoms. The molecule has 2 aliphatic heterocycles. The number of anilines is 1. The smallest absolute Gasteiger partial charge is 0.326 e. The average Bonchev–Trinajstić information content (AvgIpc) is 3.15. The van der Waals surface area contributed by atoms with E-state index in [1.807, 2.05) is 6.07 Å². The summed E-state index contributed by atoms with van der Waals surface area (Å²) in [4.78, 5) is 11.4. The number of carbonyl (C=O) groups excluding carboxylic acids is 1. The van der Waals surface area contributed by atoms with Gasteiger partial charge < -0.3 is 10.4 Å². The maximum atomic E-state index is 15.1. The standard InChI is InChI=1S/C16H16FN3O4S/c17-15-12-5-9(11-3-4-18-7-11)1-2-10(12)6-13(21)16(15)20-8-14(22)19-25(20,23)24/h1-2,5-6,11,18,21H,3-4,7-8H2,(H,19,22)/t11-/m1/s1. The number of aromatic hydroxyl groups is 1. The Labute approximate surface area is 143 Å². The van der Waals surface area contributed by atoms with Crippen LogP contribution < -0.4 is 14.3 Å². The molecule has 2 aromatic carbocycles. The fraction of sp³-hybridized carbons (Fsp3) is 0.312. The van der Waals surface area contributed by atoms with Gasteiger partial charge in [-0.15, -0.1) is 0 Å². The van der Waals surface area contributed by atoms with Gasteiger partial charge in [-0.05, 0) is 42.0 Å². The summed E-state index contributed by atoms with van der Waals surface area (Å²) in [5, 5.41) is 14.1. The van der Waals surface area contributed by atoms with E-state index in [1.165, 1.54) is 6.07 Å². The molecule has 0 spiro atoms. The summed E-state index contributed by atoms with van der Waals surface area (Å²) in [5.74, 6) is -1.90. The van der Waals surface area contributed by atoms with Crippen molar-refractivity contribution >= 4 is 32.6 Å². The topological polar surface area (TPSA) is 98.7 Å². The quantitative estimate of drug-likeness (QED) is 0.736. The van der Waals surface area contributed by atoms with E-state index in [0.29, 0.717) is 9.69 Å². The van der Waals surface area contributed by atoms with Crippen LogP contribution in [0.1, 0.15) is 17.9 Å². The molecule has 1 atom stereocenters. The Bertz CT molecular complexity index is 987. The number of amides is 1. The molecule has 4 rings (SSSR count). The maximum Gasteiger partial charge on any atom is 0.326 e. The first kappa shape index (κ1) is 16.1. The zero-order valence-electron chi connectivity index (χ0n) is 13.1. The van der Waals surface area contributed by atoms with Crippen LogP contribution in [0.3, 0.4) is 0 Å². The van der Waals surface area contributed by atoms with Crippen LogP contribution in [-0.4, -0.2) is 39.1 Å². The summed E-state index contributed by atoms with van der Waals surface area (Å²) in [6, 6.07) is 6.58. The number of halogens is 1. The number of phenolic OH excluding ortho intramolecular Hbond substituents is 1. The molecule has 0 saturated carbocycles. The van der Waals surface area contributed by atoms with Gasteiger partial charge in [0.1, 0.15) is 18.0 Å². The van der Waals surface area contributed by atoms with E-state index in [9.17, 15) is 18.3 Å². The van der Waals surface area contributed by atoms with Gasteiger partial charge in [0.05, 0.1) is 0 Å². The van der Waals surface area contributed by atoms with Crippen molar-refractivity contribution in [1.29, 1.82) is 0 Å². The normalized spacial score (nSPS) is 22.5. The maximum absolute atomic E-state index is 15.1. The molecule has 2 aromatic rings. The van der Waals surface area contributed by atoms with Gasteiger partial charge in [0.25, 0.3) is 5.91 Å². The zero-order valence-corrected chi connectivity index (χ0v) is 13.9. The third kappa shape index (κ3) is 2.59. The Morgan fingerprint density at radius 3 is 2.72 bits per heavy atom. The summed E-state index contributed by atoms with van der Waals surface area (Å²) < 4.78 is 41.4. The summed E-state index contributed by atoms with van der Waals surface area (Å²) in [6.45, 7) is 1.13. The lowest BCUT2D eigenvalue weighted by Gasteiger charge is -2.19. The number of phenols is 1. The Morgan fingerprint density at radius 1 is 1.28 bits per heavy atom. The van der Waals surface area contributed by atoms with Gasteiger partial charge in [-0.1, -0.05) is 12.1 Å². The molecule has 0 aromatic heterocycles. The zero-order chi connectivity index (χ0) is 17.8. The SMILES string of the molecule is O=C1CN(c2c(O)cc3ccc([C@@H]4CCNC4)cc3c2F)S(=O)(=O)N1. The molecule has 0 radical (unpaired) electrons. The Hall–Kier alpha value is -2.39. The number of nitrogens with one attached hydrogen (secondary N) is 2. The molecular formula is C16H16FN3O4S. The fourth-order valence-electron chi connectivity index (χ4n) is 3.42. The van der Waals surface area contributed by atoms with Crippen LogP contribution in [0.2, 0.25) is 0 Å². The molecule has 0 aliphatic carbocycles. The lowest BCUT2D eigenvalue weighted by molar-refractivity contribution is -0.117. The van der Waals surface area contributed by atoms with E-state index in [1.54, 1.807) is 16.9 Å². The molecular weight excluding hydrogens is 349 g/mol. The van der Waals surface area contributed by atoms with Crippen molar-refractivity contribution in [3.05, 3.63) is 35.6 Å². The first-order valence-corrected chi connectivity index (χ1v) is 9.30. The molecule has 0 unspecified atom stereocenters. The first-order chi connectivity index (χ1) is 11.9. The van der Waals surface area contributed by atoms with Gasteiger partial charge >= 0.3 is 10.2 Å². The molecule has 132 valence electrons. The van der Waals surface area contributed by atoms with Crippen molar-refractivity contribution in [2.24, 2.45) is 0 Å². The Balaban J connectivity index is 1.88. The Morgan fingerprint density at radius 2 is 2.08 bits per heavy atom. The Kier molecular flexibility index (Phi) is 3.58. The minimum absolute atomic E-state index is 0.215. The number of fused-ring (bicyclic) bond motifs is 1. The van der Waals surface area contributed by atoms with E-state index in [2.05, 4.69) is 5.32 Å². The van der Waals surface area contributed by atoms with Gasteiger partial charge in [0, 0.05) is 11.9 Å². The molecule has 7 nitrogen and oxygen atoms in total. The van der Waals surface area contributed by atoms with E-state index in [0.717, 1.165) is 25.1 Å². The minimum atomic E-state index is -4.20. The van der Waals surface area contributed by atoms with Gasteiger partial charge in [-0.2, -0.15) is 8.42 Å². The second-order valence-electron chi connectivity index (χ2n) is 6.27. The number of benzene rings is 2. The van der Waals surface area contributed by atoms with E-state index < -0.39 is 39.9 Å². The first-order valence-electron chi connectivity index (χ1n) is 7.86. The van der Waals surface area contributed by atoms with E-state index >= 15 is 4.39 Å². The van der Waals surface area contributed by atoms with Crippen LogP contribution in [0.25, 0.3) is 10.8 Å². The number of hydrogen-bond acceptors (Lipinski definition) is 5. The number of nitrogens with zero attached hydrogens (tertiary/aromatic N) is 1. The second kappa shape index (κ2) is 5.57.